The minimum atomic E-state index is -0.102. The van der Waals surface area contributed by atoms with Crippen LogP contribution in [0.3, 0.4) is 0 Å². The molecule has 124 valence electrons. The van der Waals surface area contributed by atoms with Gasteiger partial charge in [-0.2, -0.15) is 11.3 Å². The number of aromatic nitrogens is 1. The molecule has 0 atom stereocenters. The average molecular weight is 358 g/mol. The van der Waals surface area contributed by atoms with E-state index in [-0.39, 0.29) is 5.91 Å². The van der Waals surface area contributed by atoms with Crippen LogP contribution in [0, 0.1) is 0 Å². The highest BCUT2D eigenvalue weighted by atomic mass is 32.1. The van der Waals surface area contributed by atoms with Crippen LogP contribution in [0.1, 0.15) is 16.9 Å². The van der Waals surface area contributed by atoms with Crippen LogP contribution < -0.4 is 10.2 Å². The van der Waals surface area contributed by atoms with E-state index in [4.69, 9.17) is 0 Å². The first-order chi connectivity index (χ1) is 11.7. The Morgan fingerprint density at radius 3 is 2.79 bits per heavy atom. The minimum Gasteiger partial charge on any atom is -0.375 e. The zero-order chi connectivity index (χ0) is 16.8. The molecule has 0 radical (unpaired) electrons. The van der Waals surface area contributed by atoms with Gasteiger partial charge in [-0.25, -0.2) is 4.98 Å². The van der Waals surface area contributed by atoms with Crippen LogP contribution in [0.4, 0.5) is 5.69 Å². The molecule has 6 heteroatoms. The number of nitrogens with zero attached hydrogens (tertiary/aromatic N) is 2. The second-order valence-electron chi connectivity index (χ2n) is 5.42. The molecule has 2 aromatic heterocycles. The Morgan fingerprint density at radius 2 is 2.04 bits per heavy atom. The Morgan fingerprint density at radius 1 is 1.21 bits per heavy atom. The standard InChI is InChI=1S/C18H19N3OS2/c1-21(15-6-3-2-4-7-15)10-5-9-19-17(22)16-13-24-18(20-16)14-8-11-23-12-14/h2-4,6-8,11-13H,5,9-10H2,1H3,(H,19,22). The van der Waals surface area contributed by atoms with E-state index in [1.807, 2.05) is 40.4 Å². The van der Waals surface area contributed by atoms with E-state index < -0.39 is 0 Å². The first kappa shape index (κ1) is 16.7. The Bertz CT molecular complexity index is 769. The van der Waals surface area contributed by atoms with Crippen LogP contribution in [-0.4, -0.2) is 31.0 Å². The summed E-state index contributed by atoms with van der Waals surface area (Å²) < 4.78 is 0. The smallest absolute Gasteiger partial charge is 0.270 e. The maximum atomic E-state index is 12.2. The molecule has 1 aromatic carbocycles. The van der Waals surface area contributed by atoms with Gasteiger partial charge in [0.15, 0.2) is 0 Å². The highest BCUT2D eigenvalue weighted by Crippen LogP contribution is 2.25. The van der Waals surface area contributed by atoms with Gasteiger partial charge in [-0.3, -0.25) is 4.79 Å². The van der Waals surface area contributed by atoms with Gasteiger partial charge in [0, 0.05) is 42.1 Å². The van der Waals surface area contributed by atoms with E-state index in [2.05, 4.69) is 34.4 Å². The lowest BCUT2D eigenvalue weighted by Gasteiger charge is -2.19. The second kappa shape index (κ2) is 8.08. The molecule has 3 aromatic rings. The molecular weight excluding hydrogens is 338 g/mol. The van der Waals surface area contributed by atoms with Crippen molar-refractivity contribution < 1.29 is 4.79 Å². The topological polar surface area (TPSA) is 45.2 Å². The Kier molecular flexibility index (Phi) is 5.61. The van der Waals surface area contributed by atoms with Crippen molar-refractivity contribution in [1.82, 2.24) is 10.3 Å². The summed E-state index contributed by atoms with van der Waals surface area (Å²) in [6.07, 6.45) is 0.888. The number of hydrogen-bond donors (Lipinski definition) is 1. The third kappa shape index (κ3) is 4.21. The molecule has 2 heterocycles. The normalized spacial score (nSPS) is 10.5. The maximum Gasteiger partial charge on any atom is 0.270 e. The van der Waals surface area contributed by atoms with Gasteiger partial charge in [0.25, 0.3) is 5.91 Å². The summed E-state index contributed by atoms with van der Waals surface area (Å²) in [5.41, 5.74) is 2.76. The average Bonchev–Trinajstić information content (AvgIpc) is 3.30. The highest BCUT2D eigenvalue weighted by Gasteiger charge is 2.11. The molecule has 0 bridgehead atoms. The third-order valence-electron chi connectivity index (χ3n) is 3.66. The maximum absolute atomic E-state index is 12.2. The molecule has 24 heavy (non-hydrogen) atoms. The number of thiophene rings is 1. The SMILES string of the molecule is CN(CCCNC(=O)c1csc(-c2ccsc2)n1)c1ccccc1. The first-order valence-electron chi connectivity index (χ1n) is 7.76. The Labute approximate surface area is 149 Å². The van der Waals surface area contributed by atoms with Crippen molar-refractivity contribution in [3.63, 3.8) is 0 Å². The summed E-state index contributed by atoms with van der Waals surface area (Å²) in [5, 5.41) is 9.71. The van der Waals surface area contributed by atoms with Gasteiger partial charge in [0.2, 0.25) is 0 Å². The van der Waals surface area contributed by atoms with E-state index in [0.29, 0.717) is 12.2 Å². The summed E-state index contributed by atoms with van der Waals surface area (Å²) in [7, 11) is 2.06. The molecule has 0 saturated heterocycles. The van der Waals surface area contributed by atoms with E-state index in [0.717, 1.165) is 23.5 Å². The number of anilines is 1. The van der Waals surface area contributed by atoms with Crippen LogP contribution >= 0.6 is 22.7 Å². The number of carbonyl (C=O) groups is 1. The molecule has 4 nitrogen and oxygen atoms in total. The second-order valence-corrected chi connectivity index (χ2v) is 7.05. The third-order valence-corrected chi connectivity index (χ3v) is 5.23. The molecule has 0 fully saturated rings. The van der Waals surface area contributed by atoms with Gasteiger partial charge in [-0.1, -0.05) is 18.2 Å². The number of para-hydroxylation sites is 1. The number of hydrogen-bond acceptors (Lipinski definition) is 5. The number of rotatable bonds is 7. The lowest BCUT2D eigenvalue weighted by molar-refractivity contribution is 0.0949. The molecule has 0 aliphatic carbocycles. The number of nitrogens with one attached hydrogen (secondary N) is 1. The van der Waals surface area contributed by atoms with Crippen molar-refractivity contribution in [2.45, 2.75) is 6.42 Å². The predicted molar refractivity (Wildman–Crippen MR) is 102 cm³/mol. The zero-order valence-electron chi connectivity index (χ0n) is 13.4. The summed E-state index contributed by atoms with van der Waals surface area (Å²) in [4.78, 5) is 18.8. The van der Waals surface area contributed by atoms with Crippen molar-refractivity contribution in [2.75, 3.05) is 25.0 Å². The van der Waals surface area contributed by atoms with Crippen molar-refractivity contribution >= 4 is 34.3 Å². The Balaban J connectivity index is 1.44. The van der Waals surface area contributed by atoms with Crippen molar-refractivity contribution in [3.8, 4) is 10.6 Å². The van der Waals surface area contributed by atoms with Gasteiger partial charge in [0.05, 0.1) is 0 Å². The number of thiazole rings is 1. The van der Waals surface area contributed by atoms with Crippen molar-refractivity contribution in [1.29, 1.82) is 0 Å². The lowest BCUT2D eigenvalue weighted by atomic mass is 10.3. The van der Waals surface area contributed by atoms with Crippen LogP contribution in [0.15, 0.2) is 52.5 Å². The first-order valence-corrected chi connectivity index (χ1v) is 9.59. The molecule has 0 saturated carbocycles. The van der Waals surface area contributed by atoms with Gasteiger partial charge in [-0.05, 0) is 30.0 Å². The molecule has 1 amide bonds. The predicted octanol–water partition coefficient (Wildman–Crippen LogP) is 4.13. The molecule has 1 N–H and O–H groups in total. The molecule has 0 unspecified atom stereocenters. The largest absolute Gasteiger partial charge is 0.375 e. The minimum absolute atomic E-state index is 0.102. The summed E-state index contributed by atoms with van der Waals surface area (Å²) in [6.45, 7) is 1.53. The molecule has 0 aliphatic heterocycles. The van der Waals surface area contributed by atoms with Gasteiger partial charge >= 0.3 is 0 Å². The molecule has 3 rings (SSSR count). The van der Waals surface area contributed by atoms with Gasteiger partial charge in [-0.15, -0.1) is 11.3 Å². The van der Waals surface area contributed by atoms with Crippen molar-refractivity contribution in [3.05, 3.63) is 58.2 Å². The van der Waals surface area contributed by atoms with E-state index in [1.54, 1.807) is 11.3 Å². The Hall–Kier alpha value is -2.18. The quantitative estimate of drug-likeness (QED) is 0.647. The van der Waals surface area contributed by atoms with Crippen LogP contribution in [0.25, 0.3) is 10.6 Å². The fraction of sp³-hybridized carbons (Fsp3) is 0.222. The summed E-state index contributed by atoms with van der Waals surface area (Å²) in [6, 6.07) is 12.3. The van der Waals surface area contributed by atoms with Gasteiger partial charge < -0.3 is 10.2 Å². The fourth-order valence-corrected chi connectivity index (χ4v) is 3.83. The number of carbonyl (C=O) groups excluding carboxylic acids is 1. The van der Waals surface area contributed by atoms with E-state index >= 15 is 0 Å². The van der Waals surface area contributed by atoms with Crippen LogP contribution in [0.2, 0.25) is 0 Å². The van der Waals surface area contributed by atoms with Gasteiger partial charge in [0.1, 0.15) is 10.7 Å². The van der Waals surface area contributed by atoms with Crippen molar-refractivity contribution in [2.24, 2.45) is 0 Å². The highest BCUT2D eigenvalue weighted by molar-refractivity contribution is 7.14. The molecule has 0 spiro atoms. The fourth-order valence-electron chi connectivity index (χ4n) is 2.32. The monoisotopic (exact) mass is 357 g/mol. The summed E-state index contributed by atoms with van der Waals surface area (Å²) >= 11 is 3.13. The van der Waals surface area contributed by atoms with Crippen LogP contribution in [-0.2, 0) is 0 Å². The summed E-state index contributed by atoms with van der Waals surface area (Å²) in [5.74, 6) is -0.102. The number of benzene rings is 1. The van der Waals surface area contributed by atoms with E-state index in [1.165, 1.54) is 17.0 Å². The molecular formula is C18H19N3OS2. The van der Waals surface area contributed by atoms with Crippen LogP contribution in [0.5, 0.6) is 0 Å². The van der Waals surface area contributed by atoms with E-state index in [9.17, 15) is 4.79 Å². The lowest BCUT2D eigenvalue weighted by Crippen LogP contribution is -2.28. The zero-order valence-corrected chi connectivity index (χ0v) is 15.1. The molecule has 0 aliphatic rings. The number of amides is 1.